The Morgan fingerprint density at radius 1 is 1.32 bits per heavy atom. The highest BCUT2D eigenvalue weighted by Crippen LogP contribution is 2.29. The molecule has 1 aromatic rings. The highest BCUT2D eigenvalue weighted by atomic mass is 16.5. The first-order valence-electron chi connectivity index (χ1n) is 8.28. The van der Waals surface area contributed by atoms with Crippen molar-refractivity contribution in [3.8, 4) is 0 Å². The van der Waals surface area contributed by atoms with Crippen LogP contribution in [0.5, 0.6) is 0 Å². The summed E-state index contributed by atoms with van der Waals surface area (Å²) in [7, 11) is 0. The van der Waals surface area contributed by atoms with Crippen LogP contribution in [0.2, 0.25) is 0 Å². The topological polar surface area (TPSA) is 84.6 Å². The van der Waals surface area contributed by atoms with E-state index in [4.69, 9.17) is 4.52 Å². The van der Waals surface area contributed by atoms with Gasteiger partial charge in [-0.3, -0.25) is 9.59 Å². The normalized spacial score (nSPS) is 21.3. The molecule has 1 atom stereocenters. The molecule has 1 N–H and O–H groups in total. The van der Waals surface area contributed by atoms with Crippen molar-refractivity contribution in [2.45, 2.75) is 40.5 Å². The standard InChI is InChI=1S/C19H21N3O3/c1-10-11(2)19(24)21-17-9-14(5-6-15(10)17)20-18(23)8-7-16-12(3)22-25-13(16)4/h5-6,9,15H,7-8H2,1-4H3,(H,21,24). The number of amides is 2. The van der Waals surface area contributed by atoms with Gasteiger partial charge < -0.3 is 9.84 Å². The van der Waals surface area contributed by atoms with Crippen LogP contribution in [0.25, 0.3) is 0 Å². The first-order valence-corrected chi connectivity index (χ1v) is 8.28. The molecule has 0 fully saturated rings. The van der Waals surface area contributed by atoms with Gasteiger partial charge in [-0.05, 0) is 46.3 Å². The third-order valence-electron chi connectivity index (χ3n) is 4.78. The number of nitrogens with zero attached hydrogens (tertiary/aromatic N) is 2. The second-order valence-corrected chi connectivity index (χ2v) is 6.43. The molecule has 25 heavy (non-hydrogen) atoms. The van der Waals surface area contributed by atoms with Crippen molar-refractivity contribution in [3.63, 3.8) is 0 Å². The molecule has 0 saturated carbocycles. The van der Waals surface area contributed by atoms with Crippen LogP contribution in [0.3, 0.4) is 0 Å². The summed E-state index contributed by atoms with van der Waals surface area (Å²) in [6.07, 6.45) is 6.41. The van der Waals surface area contributed by atoms with Crippen LogP contribution in [0.4, 0.5) is 0 Å². The Hall–Kier alpha value is -2.76. The number of rotatable bonds is 3. The Morgan fingerprint density at radius 2 is 2.08 bits per heavy atom. The number of nitrogens with one attached hydrogen (secondary N) is 1. The number of carbonyl (C=O) groups excluding carboxylic acids is 2. The van der Waals surface area contributed by atoms with Crippen LogP contribution in [-0.2, 0) is 16.0 Å². The van der Waals surface area contributed by atoms with E-state index in [2.05, 4.69) is 15.5 Å². The lowest BCUT2D eigenvalue weighted by Crippen LogP contribution is -2.35. The molecule has 2 amide bonds. The van der Waals surface area contributed by atoms with Gasteiger partial charge in [-0.15, -0.1) is 0 Å². The molecule has 1 aromatic heterocycles. The fourth-order valence-electron chi connectivity index (χ4n) is 3.08. The van der Waals surface area contributed by atoms with Gasteiger partial charge in [0.2, 0.25) is 5.91 Å². The van der Waals surface area contributed by atoms with Crippen LogP contribution >= 0.6 is 0 Å². The van der Waals surface area contributed by atoms with Gasteiger partial charge in [-0.1, -0.05) is 16.8 Å². The fraction of sp³-hybridized carbons (Fsp3) is 0.368. The molecule has 0 radical (unpaired) electrons. The van der Waals surface area contributed by atoms with Crippen molar-refractivity contribution in [2.24, 2.45) is 10.9 Å². The predicted molar refractivity (Wildman–Crippen MR) is 94.0 cm³/mol. The second-order valence-electron chi connectivity index (χ2n) is 6.43. The Bertz CT molecular complexity index is 849. The average Bonchev–Trinajstić information content (AvgIpc) is 2.89. The molecule has 0 spiro atoms. The zero-order valence-corrected chi connectivity index (χ0v) is 14.8. The first-order chi connectivity index (χ1) is 11.9. The summed E-state index contributed by atoms with van der Waals surface area (Å²) < 4.78 is 5.10. The van der Waals surface area contributed by atoms with E-state index < -0.39 is 0 Å². The number of hydrogen-bond donors (Lipinski definition) is 1. The van der Waals surface area contributed by atoms with E-state index in [1.807, 2.05) is 39.8 Å². The van der Waals surface area contributed by atoms with E-state index >= 15 is 0 Å². The maximum atomic E-state index is 12.2. The zero-order chi connectivity index (χ0) is 18.1. The lowest BCUT2D eigenvalue weighted by molar-refractivity contribution is -0.118. The molecular formula is C19H21N3O3. The largest absolute Gasteiger partial charge is 0.361 e. The smallest absolute Gasteiger partial charge is 0.251 e. The monoisotopic (exact) mass is 339 g/mol. The molecule has 1 aliphatic carbocycles. The quantitative estimate of drug-likeness (QED) is 0.917. The summed E-state index contributed by atoms with van der Waals surface area (Å²) in [5.74, 6) is 0.483. The molecule has 1 unspecified atom stereocenters. The molecule has 2 aliphatic rings. The Balaban J connectivity index is 1.71. The maximum absolute atomic E-state index is 12.2. The van der Waals surface area contributed by atoms with Gasteiger partial charge in [0.25, 0.3) is 5.91 Å². The van der Waals surface area contributed by atoms with Crippen molar-refractivity contribution >= 4 is 17.5 Å². The molecule has 6 heteroatoms. The Kier molecular flexibility index (Phi) is 4.53. The molecule has 0 aromatic carbocycles. The van der Waals surface area contributed by atoms with Gasteiger partial charge >= 0.3 is 0 Å². The van der Waals surface area contributed by atoms with Gasteiger partial charge in [0.1, 0.15) is 5.76 Å². The molecule has 0 bridgehead atoms. The van der Waals surface area contributed by atoms with Crippen molar-refractivity contribution in [1.82, 2.24) is 10.5 Å². The molecular weight excluding hydrogens is 318 g/mol. The van der Waals surface area contributed by atoms with Crippen LogP contribution in [0, 0.1) is 19.8 Å². The number of fused-ring (bicyclic) bond motifs is 1. The third-order valence-corrected chi connectivity index (χ3v) is 4.78. The molecule has 0 saturated heterocycles. The van der Waals surface area contributed by atoms with Crippen LogP contribution < -0.4 is 5.32 Å². The zero-order valence-electron chi connectivity index (χ0n) is 14.8. The highest BCUT2D eigenvalue weighted by Gasteiger charge is 2.27. The summed E-state index contributed by atoms with van der Waals surface area (Å²) >= 11 is 0. The van der Waals surface area contributed by atoms with Gasteiger partial charge in [0, 0.05) is 29.2 Å². The van der Waals surface area contributed by atoms with Crippen LogP contribution in [0.1, 0.15) is 37.3 Å². The number of carbonyl (C=O) groups is 2. The van der Waals surface area contributed by atoms with Gasteiger partial charge in [-0.2, -0.15) is 0 Å². The van der Waals surface area contributed by atoms with Crippen LogP contribution in [-0.4, -0.2) is 22.7 Å². The lowest BCUT2D eigenvalue weighted by atomic mass is 9.85. The third kappa shape index (κ3) is 3.38. The van der Waals surface area contributed by atoms with E-state index in [1.54, 1.807) is 6.08 Å². The SMILES string of the molecule is CC1=C(C)C2C=CC(=NC(=O)CCc3c(C)noc3C)C=C2NC1=O. The van der Waals surface area contributed by atoms with E-state index in [-0.39, 0.29) is 24.2 Å². The van der Waals surface area contributed by atoms with Gasteiger partial charge in [0.05, 0.1) is 11.4 Å². The Labute approximate surface area is 146 Å². The number of aryl methyl sites for hydroxylation is 2. The van der Waals surface area contributed by atoms with E-state index in [9.17, 15) is 9.59 Å². The van der Waals surface area contributed by atoms with Crippen molar-refractivity contribution in [3.05, 3.63) is 52.1 Å². The molecule has 130 valence electrons. The minimum absolute atomic E-state index is 0.0501. The van der Waals surface area contributed by atoms with Gasteiger partial charge in [0.15, 0.2) is 0 Å². The number of aromatic nitrogens is 1. The van der Waals surface area contributed by atoms with E-state index in [1.165, 1.54) is 0 Å². The molecule has 2 heterocycles. The lowest BCUT2D eigenvalue weighted by Gasteiger charge is -2.28. The van der Waals surface area contributed by atoms with Crippen molar-refractivity contribution in [1.29, 1.82) is 0 Å². The average molecular weight is 339 g/mol. The minimum Gasteiger partial charge on any atom is -0.361 e. The Morgan fingerprint density at radius 3 is 2.76 bits per heavy atom. The molecule has 6 nitrogen and oxygen atoms in total. The number of hydrogen-bond acceptors (Lipinski definition) is 4. The molecule has 3 rings (SSSR count). The summed E-state index contributed by atoms with van der Waals surface area (Å²) in [5, 5.41) is 6.76. The fourth-order valence-corrected chi connectivity index (χ4v) is 3.08. The maximum Gasteiger partial charge on any atom is 0.251 e. The predicted octanol–water partition coefficient (Wildman–Crippen LogP) is 2.73. The van der Waals surface area contributed by atoms with Crippen molar-refractivity contribution in [2.75, 3.05) is 0 Å². The summed E-state index contributed by atoms with van der Waals surface area (Å²) in [6, 6.07) is 0. The molecule has 1 aliphatic heterocycles. The second kappa shape index (κ2) is 6.63. The minimum atomic E-state index is -0.208. The summed E-state index contributed by atoms with van der Waals surface area (Å²) in [5.41, 5.74) is 4.86. The van der Waals surface area contributed by atoms with E-state index in [0.717, 1.165) is 33.9 Å². The number of aliphatic imine (C=N–C) groups is 1. The van der Waals surface area contributed by atoms with E-state index in [0.29, 0.717) is 12.1 Å². The van der Waals surface area contributed by atoms with Gasteiger partial charge in [-0.25, -0.2) is 4.99 Å². The van der Waals surface area contributed by atoms with Crippen LogP contribution in [0.15, 0.2) is 44.6 Å². The first kappa shape index (κ1) is 17.1. The number of allylic oxidation sites excluding steroid dienone is 3. The van der Waals surface area contributed by atoms with Crippen molar-refractivity contribution < 1.29 is 14.1 Å². The summed E-state index contributed by atoms with van der Waals surface area (Å²) in [4.78, 5) is 28.3. The highest BCUT2D eigenvalue weighted by molar-refractivity contribution is 6.11. The summed E-state index contributed by atoms with van der Waals surface area (Å²) in [6.45, 7) is 7.47.